The highest BCUT2D eigenvalue weighted by molar-refractivity contribution is 5.79. The number of carbonyl (C=O) groups is 1. The lowest BCUT2D eigenvalue weighted by atomic mass is 9.91. The van der Waals surface area contributed by atoms with Crippen LogP contribution in [0.5, 0.6) is 0 Å². The molecule has 0 bridgehead atoms. The fourth-order valence-electron chi connectivity index (χ4n) is 3.42. The highest BCUT2D eigenvalue weighted by Gasteiger charge is 2.48. The molecule has 0 radical (unpaired) electrons. The topological polar surface area (TPSA) is 58.4 Å². The first-order valence-electron chi connectivity index (χ1n) is 6.92. The van der Waals surface area contributed by atoms with Crippen LogP contribution in [0.1, 0.15) is 50.4 Å². The van der Waals surface area contributed by atoms with Crippen LogP contribution in [0.25, 0.3) is 0 Å². The Kier molecular flexibility index (Phi) is 3.67. The van der Waals surface area contributed by atoms with Gasteiger partial charge in [0, 0.05) is 24.8 Å². The number of aliphatic carboxylic acids is 1. The molecule has 106 valence electrons. The van der Waals surface area contributed by atoms with Crippen molar-refractivity contribution in [3.63, 3.8) is 0 Å². The third-order valence-corrected chi connectivity index (χ3v) is 4.49. The number of carboxylic acid groups (broad SMARTS) is 1. The average molecular weight is 265 g/mol. The summed E-state index contributed by atoms with van der Waals surface area (Å²) in [6.45, 7) is 6.88. The van der Waals surface area contributed by atoms with Crippen LogP contribution in [-0.2, 0) is 11.8 Å². The predicted octanol–water partition coefficient (Wildman–Crippen LogP) is 2.12. The molecule has 1 saturated heterocycles. The third kappa shape index (κ3) is 2.16. The molecule has 1 N–H and O–H groups in total. The molecule has 0 amide bonds. The highest BCUT2D eigenvalue weighted by Crippen LogP contribution is 2.39. The minimum absolute atomic E-state index is 0.0900. The molecule has 0 saturated carbocycles. The van der Waals surface area contributed by atoms with Gasteiger partial charge in [0.15, 0.2) is 0 Å². The van der Waals surface area contributed by atoms with Gasteiger partial charge in [-0.3, -0.25) is 14.4 Å². The zero-order chi connectivity index (χ0) is 14.2. The van der Waals surface area contributed by atoms with Gasteiger partial charge in [-0.2, -0.15) is 5.10 Å². The number of rotatable bonds is 4. The highest BCUT2D eigenvalue weighted by atomic mass is 16.4. The fraction of sp³-hybridized carbons (Fsp3) is 0.714. The van der Waals surface area contributed by atoms with Gasteiger partial charge in [0.2, 0.25) is 0 Å². The normalized spacial score (nSPS) is 25.7. The van der Waals surface area contributed by atoms with Gasteiger partial charge in [-0.1, -0.05) is 6.92 Å². The molecule has 1 fully saturated rings. The number of aromatic nitrogens is 2. The maximum atomic E-state index is 11.7. The van der Waals surface area contributed by atoms with Gasteiger partial charge in [-0.25, -0.2) is 0 Å². The zero-order valence-corrected chi connectivity index (χ0v) is 12.2. The Morgan fingerprint density at radius 2 is 2.32 bits per heavy atom. The standard InChI is InChI=1S/C14H23N3O2/c1-5-14(13(18)19)7-6-8-17(14)11(3)12-9-16(4)15-10(12)2/h9,11H,5-8H2,1-4H3,(H,18,19). The van der Waals surface area contributed by atoms with E-state index in [1.807, 2.05) is 27.1 Å². The number of hydrogen-bond donors (Lipinski definition) is 1. The molecule has 2 heterocycles. The van der Waals surface area contributed by atoms with Gasteiger partial charge in [-0.15, -0.1) is 0 Å². The van der Waals surface area contributed by atoms with E-state index >= 15 is 0 Å². The van der Waals surface area contributed by atoms with Crippen LogP contribution >= 0.6 is 0 Å². The Morgan fingerprint density at radius 1 is 1.63 bits per heavy atom. The molecule has 1 aromatic rings. The third-order valence-electron chi connectivity index (χ3n) is 4.49. The molecule has 1 aliphatic heterocycles. The minimum Gasteiger partial charge on any atom is -0.480 e. The zero-order valence-electron chi connectivity index (χ0n) is 12.2. The van der Waals surface area contributed by atoms with E-state index in [1.54, 1.807) is 4.68 Å². The summed E-state index contributed by atoms with van der Waals surface area (Å²) in [5, 5.41) is 14.0. The Hall–Kier alpha value is -1.36. The number of nitrogens with zero attached hydrogens (tertiary/aromatic N) is 3. The van der Waals surface area contributed by atoms with Crippen LogP contribution in [0.2, 0.25) is 0 Å². The molecule has 5 heteroatoms. The largest absolute Gasteiger partial charge is 0.480 e. The molecule has 2 atom stereocenters. The van der Waals surface area contributed by atoms with E-state index in [4.69, 9.17) is 0 Å². The molecular weight excluding hydrogens is 242 g/mol. The van der Waals surface area contributed by atoms with Crippen molar-refractivity contribution in [1.82, 2.24) is 14.7 Å². The maximum Gasteiger partial charge on any atom is 0.324 e. The fourth-order valence-corrected chi connectivity index (χ4v) is 3.42. The molecular formula is C14H23N3O2. The van der Waals surface area contributed by atoms with Crippen LogP contribution in [0.15, 0.2) is 6.20 Å². The molecule has 1 aliphatic rings. The Bertz CT molecular complexity index is 483. The van der Waals surface area contributed by atoms with Crippen molar-refractivity contribution >= 4 is 5.97 Å². The molecule has 2 rings (SSSR count). The van der Waals surface area contributed by atoms with Gasteiger partial charge in [-0.05, 0) is 39.7 Å². The average Bonchev–Trinajstić information content (AvgIpc) is 2.92. The number of likely N-dealkylation sites (tertiary alicyclic amines) is 1. The Labute approximate surface area is 114 Å². The minimum atomic E-state index is -0.707. The molecule has 0 aliphatic carbocycles. The summed E-state index contributed by atoms with van der Waals surface area (Å²) in [6, 6.07) is 0.0900. The van der Waals surface area contributed by atoms with Crippen LogP contribution in [0, 0.1) is 6.92 Å². The van der Waals surface area contributed by atoms with Crippen molar-refractivity contribution in [2.45, 2.75) is 51.6 Å². The summed E-state index contributed by atoms with van der Waals surface area (Å²) in [5.41, 5.74) is 1.41. The van der Waals surface area contributed by atoms with Crippen molar-refractivity contribution < 1.29 is 9.90 Å². The lowest BCUT2D eigenvalue weighted by Gasteiger charge is -2.38. The number of hydrogen-bond acceptors (Lipinski definition) is 3. The second-order valence-corrected chi connectivity index (χ2v) is 5.51. The first kappa shape index (κ1) is 14.1. The summed E-state index contributed by atoms with van der Waals surface area (Å²) in [7, 11) is 1.90. The van der Waals surface area contributed by atoms with Crippen LogP contribution in [0.4, 0.5) is 0 Å². The lowest BCUT2D eigenvalue weighted by Crippen LogP contribution is -2.50. The van der Waals surface area contributed by atoms with Gasteiger partial charge in [0.1, 0.15) is 5.54 Å². The monoisotopic (exact) mass is 265 g/mol. The van der Waals surface area contributed by atoms with E-state index in [0.29, 0.717) is 6.42 Å². The van der Waals surface area contributed by atoms with E-state index in [-0.39, 0.29) is 6.04 Å². The first-order chi connectivity index (χ1) is 8.92. The maximum absolute atomic E-state index is 11.7. The van der Waals surface area contributed by atoms with Gasteiger partial charge < -0.3 is 5.11 Å². The smallest absolute Gasteiger partial charge is 0.324 e. The second kappa shape index (κ2) is 4.96. The van der Waals surface area contributed by atoms with E-state index in [1.165, 1.54) is 0 Å². The second-order valence-electron chi connectivity index (χ2n) is 5.51. The molecule has 0 spiro atoms. The number of carboxylic acids is 1. The van der Waals surface area contributed by atoms with Crippen molar-refractivity contribution in [2.75, 3.05) is 6.54 Å². The van der Waals surface area contributed by atoms with Gasteiger partial charge in [0.05, 0.1) is 5.69 Å². The van der Waals surface area contributed by atoms with E-state index in [0.717, 1.165) is 30.6 Å². The summed E-state index contributed by atoms with van der Waals surface area (Å²) in [4.78, 5) is 13.9. The van der Waals surface area contributed by atoms with Gasteiger partial charge >= 0.3 is 5.97 Å². The predicted molar refractivity (Wildman–Crippen MR) is 73.0 cm³/mol. The van der Waals surface area contributed by atoms with Crippen molar-refractivity contribution in [1.29, 1.82) is 0 Å². The SMILES string of the molecule is CCC1(C(=O)O)CCCN1C(C)c1cn(C)nc1C. The molecule has 0 aromatic carbocycles. The Morgan fingerprint density at radius 3 is 2.79 bits per heavy atom. The summed E-state index contributed by atoms with van der Waals surface area (Å²) < 4.78 is 1.80. The summed E-state index contributed by atoms with van der Waals surface area (Å²) >= 11 is 0. The van der Waals surface area contributed by atoms with Crippen LogP contribution in [0.3, 0.4) is 0 Å². The van der Waals surface area contributed by atoms with E-state index < -0.39 is 11.5 Å². The van der Waals surface area contributed by atoms with E-state index in [2.05, 4.69) is 16.9 Å². The molecule has 19 heavy (non-hydrogen) atoms. The van der Waals surface area contributed by atoms with Crippen LogP contribution in [-0.4, -0.2) is 37.8 Å². The van der Waals surface area contributed by atoms with Crippen LogP contribution < -0.4 is 0 Å². The van der Waals surface area contributed by atoms with E-state index in [9.17, 15) is 9.90 Å². The molecule has 5 nitrogen and oxygen atoms in total. The summed E-state index contributed by atoms with van der Waals surface area (Å²) in [6.07, 6.45) is 4.33. The molecule has 2 unspecified atom stereocenters. The molecule has 1 aromatic heterocycles. The number of aryl methyl sites for hydroxylation is 2. The van der Waals surface area contributed by atoms with Crippen molar-refractivity contribution in [3.8, 4) is 0 Å². The summed E-state index contributed by atoms with van der Waals surface area (Å²) in [5.74, 6) is -0.694. The first-order valence-corrected chi connectivity index (χ1v) is 6.92. The Balaban J connectivity index is 2.35. The van der Waals surface area contributed by atoms with Gasteiger partial charge in [0.25, 0.3) is 0 Å². The lowest BCUT2D eigenvalue weighted by molar-refractivity contribution is -0.151. The quantitative estimate of drug-likeness (QED) is 0.906. The van der Waals surface area contributed by atoms with Crippen molar-refractivity contribution in [3.05, 3.63) is 17.5 Å². The van der Waals surface area contributed by atoms with Crippen molar-refractivity contribution in [2.24, 2.45) is 7.05 Å².